The minimum atomic E-state index is -3.78. The van der Waals surface area contributed by atoms with E-state index in [-0.39, 0.29) is 11.5 Å². The summed E-state index contributed by atoms with van der Waals surface area (Å²) in [5.74, 6) is -1.34. The summed E-state index contributed by atoms with van der Waals surface area (Å²) >= 11 is 3.35. The maximum atomic E-state index is 13.1. The third-order valence-corrected chi connectivity index (χ3v) is 7.23. The van der Waals surface area contributed by atoms with Crippen LogP contribution in [-0.4, -0.2) is 31.8 Å². The van der Waals surface area contributed by atoms with Gasteiger partial charge in [0.2, 0.25) is 0 Å². The molecule has 0 heterocycles. The molecule has 0 aromatic heterocycles. The van der Waals surface area contributed by atoms with Crippen molar-refractivity contribution in [1.82, 2.24) is 0 Å². The van der Waals surface area contributed by atoms with E-state index >= 15 is 0 Å². The standard InChI is InChI=1S/C18H18BrNO4S/c1-2-24-17(21)18(20)15(12-8-10-13(19)11-9-12)16(18)25(22,23)14-6-4-3-5-7-14/h3-11,15-16H,2,20H2,1H3/t15-,16+,18-/m0/s1. The molecular formula is C18H18BrNO4S. The number of sulfone groups is 1. The predicted octanol–water partition coefficient (Wildman–Crippen LogP) is 2.65. The normalized spacial score (nSPS) is 25.4. The van der Waals surface area contributed by atoms with Crippen LogP contribution in [0.5, 0.6) is 0 Å². The zero-order valence-corrected chi connectivity index (χ0v) is 16.0. The van der Waals surface area contributed by atoms with Crippen molar-refractivity contribution in [2.45, 2.75) is 28.5 Å². The first-order chi connectivity index (χ1) is 11.8. The summed E-state index contributed by atoms with van der Waals surface area (Å²) in [6.45, 7) is 1.81. The quantitative estimate of drug-likeness (QED) is 0.746. The van der Waals surface area contributed by atoms with Crippen LogP contribution in [-0.2, 0) is 19.4 Å². The Kier molecular flexibility index (Phi) is 4.74. The molecule has 1 aliphatic carbocycles. The number of nitrogens with two attached hydrogens (primary N) is 1. The lowest BCUT2D eigenvalue weighted by Gasteiger charge is -2.11. The molecule has 0 bridgehead atoms. The summed E-state index contributed by atoms with van der Waals surface area (Å²) in [6.07, 6.45) is 0. The Morgan fingerprint density at radius 3 is 2.32 bits per heavy atom. The van der Waals surface area contributed by atoms with Gasteiger partial charge >= 0.3 is 5.97 Å². The Labute approximate surface area is 155 Å². The van der Waals surface area contributed by atoms with Crippen LogP contribution < -0.4 is 5.73 Å². The average Bonchev–Trinajstić information content (AvgIpc) is 3.25. The summed E-state index contributed by atoms with van der Waals surface area (Å²) < 4.78 is 32.1. The minimum absolute atomic E-state index is 0.142. The number of hydrogen-bond acceptors (Lipinski definition) is 5. The molecular weight excluding hydrogens is 406 g/mol. The number of hydrogen-bond donors (Lipinski definition) is 1. The second kappa shape index (κ2) is 6.55. The number of benzene rings is 2. The SMILES string of the molecule is CCOC(=O)[C@@]1(N)[C@H](S(=O)(=O)c2ccccc2)[C@@H]1c1ccc(Br)cc1. The monoisotopic (exact) mass is 423 g/mol. The maximum Gasteiger partial charge on any atom is 0.328 e. The number of halogens is 1. The molecule has 2 aromatic rings. The number of carbonyl (C=O) groups is 1. The van der Waals surface area contributed by atoms with E-state index in [0.29, 0.717) is 5.56 Å². The molecule has 5 nitrogen and oxygen atoms in total. The highest BCUT2D eigenvalue weighted by Crippen LogP contribution is 2.56. The molecule has 0 saturated heterocycles. The van der Waals surface area contributed by atoms with Gasteiger partial charge in [0.25, 0.3) is 0 Å². The van der Waals surface area contributed by atoms with Crippen molar-refractivity contribution >= 4 is 31.7 Å². The molecule has 7 heteroatoms. The minimum Gasteiger partial charge on any atom is -0.465 e. The molecule has 0 radical (unpaired) electrons. The van der Waals surface area contributed by atoms with Crippen molar-refractivity contribution < 1.29 is 17.9 Å². The molecule has 2 aromatic carbocycles. The van der Waals surface area contributed by atoms with Crippen LogP contribution in [0.25, 0.3) is 0 Å². The summed E-state index contributed by atoms with van der Waals surface area (Å²) in [7, 11) is -3.78. The van der Waals surface area contributed by atoms with E-state index in [4.69, 9.17) is 10.5 Å². The Bertz CT molecular complexity index is 883. The van der Waals surface area contributed by atoms with Crippen molar-refractivity contribution in [1.29, 1.82) is 0 Å². The molecule has 25 heavy (non-hydrogen) atoms. The Hall–Kier alpha value is -1.70. The van der Waals surface area contributed by atoms with E-state index in [9.17, 15) is 13.2 Å². The molecule has 0 spiro atoms. The lowest BCUT2D eigenvalue weighted by Crippen LogP contribution is -2.41. The highest BCUT2D eigenvalue weighted by molar-refractivity contribution is 9.10. The van der Waals surface area contributed by atoms with Gasteiger partial charge in [-0.1, -0.05) is 46.3 Å². The van der Waals surface area contributed by atoms with E-state index < -0.39 is 32.5 Å². The van der Waals surface area contributed by atoms with Crippen LogP contribution in [0.15, 0.2) is 64.0 Å². The third kappa shape index (κ3) is 3.01. The lowest BCUT2D eigenvalue weighted by molar-refractivity contribution is -0.145. The van der Waals surface area contributed by atoms with Crippen LogP contribution >= 0.6 is 15.9 Å². The van der Waals surface area contributed by atoms with Crippen molar-refractivity contribution in [3.8, 4) is 0 Å². The van der Waals surface area contributed by atoms with Crippen LogP contribution in [0.2, 0.25) is 0 Å². The molecule has 3 atom stereocenters. The number of carbonyl (C=O) groups excluding carboxylic acids is 1. The van der Waals surface area contributed by atoms with Gasteiger partial charge in [0, 0.05) is 10.4 Å². The van der Waals surface area contributed by atoms with E-state index in [0.717, 1.165) is 4.47 Å². The van der Waals surface area contributed by atoms with Crippen LogP contribution in [0.4, 0.5) is 0 Å². The van der Waals surface area contributed by atoms with Crippen molar-refractivity contribution in [3.63, 3.8) is 0 Å². The Morgan fingerprint density at radius 1 is 1.16 bits per heavy atom. The molecule has 0 amide bonds. The molecule has 0 unspecified atom stereocenters. The lowest BCUT2D eigenvalue weighted by atomic mass is 10.1. The fraction of sp³-hybridized carbons (Fsp3) is 0.278. The zero-order chi connectivity index (χ0) is 18.2. The van der Waals surface area contributed by atoms with E-state index in [1.54, 1.807) is 49.4 Å². The zero-order valence-electron chi connectivity index (χ0n) is 13.6. The molecule has 3 rings (SSSR count). The first-order valence-corrected chi connectivity index (χ1v) is 10.2. The summed E-state index contributed by atoms with van der Waals surface area (Å²) in [5.41, 5.74) is 5.41. The topological polar surface area (TPSA) is 86.5 Å². The second-order valence-electron chi connectivity index (χ2n) is 5.96. The molecule has 1 fully saturated rings. The Balaban J connectivity index is 2.06. The average molecular weight is 424 g/mol. The van der Waals surface area contributed by atoms with E-state index in [2.05, 4.69) is 15.9 Å². The highest BCUT2D eigenvalue weighted by atomic mass is 79.9. The number of ether oxygens (including phenoxy) is 1. The van der Waals surface area contributed by atoms with E-state index in [1.165, 1.54) is 12.1 Å². The molecule has 132 valence electrons. The predicted molar refractivity (Wildman–Crippen MR) is 97.9 cm³/mol. The number of rotatable bonds is 5. The van der Waals surface area contributed by atoms with Gasteiger partial charge in [-0.3, -0.25) is 0 Å². The van der Waals surface area contributed by atoms with Gasteiger partial charge in [-0.25, -0.2) is 13.2 Å². The van der Waals surface area contributed by atoms with Crippen LogP contribution in [0.1, 0.15) is 18.4 Å². The smallest absolute Gasteiger partial charge is 0.328 e. The van der Waals surface area contributed by atoms with Crippen molar-refractivity contribution in [2.75, 3.05) is 6.61 Å². The molecule has 2 N–H and O–H groups in total. The van der Waals surface area contributed by atoms with Gasteiger partial charge in [-0.15, -0.1) is 0 Å². The summed E-state index contributed by atoms with van der Waals surface area (Å²) in [5, 5.41) is -1.05. The van der Waals surface area contributed by atoms with Gasteiger partial charge < -0.3 is 10.5 Å². The number of esters is 1. The van der Waals surface area contributed by atoms with Gasteiger partial charge in [0.05, 0.1) is 11.5 Å². The molecule has 1 aliphatic rings. The summed E-state index contributed by atoms with van der Waals surface area (Å²) in [6, 6.07) is 15.2. The maximum absolute atomic E-state index is 13.1. The largest absolute Gasteiger partial charge is 0.465 e. The van der Waals surface area contributed by atoms with Crippen molar-refractivity contribution in [3.05, 3.63) is 64.6 Å². The van der Waals surface area contributed by atoms with Gasteiger partial charge in [-0.05, 0) is 36.8 Å². The first-order valence-electron chi connectivity index (χ1n) is 7.84. The molecule has 0 aliphatic heterocycles. The van der Waals surface area contributed by atoms with Crippen molar-refractivity contribution in [2.24, 2.45) is 5.73 Å². The van der Waals surface area contributed by atoms with Crippen LogP contribution in [0, 0.1) is 0 Å². The summed E-state index contributed by atoms with van der Waals surface area (Å²) in [4.78, 5) is 12.6. The van der Waals surface area contributed by atoms with Gasteiger partial charge in [0.15, 0.2) is 9.84 Å². The fourth-order valence-corrected chi connectivity index (χ4v) is 5.70. The molecule has 1 saturated carbocycles. The van der Waals surface area contributed by atoms with E-state index in [1.807, 2.05) is 0 Å². The Morgan fingerprint density at radius 2 is 1.76 bits per heavy atom. The van der Waals surface area contributed by atoms with Gasteiger partial charge in [-0.2, -0.15) is 0 Å². The second-order valence-corrected chi connectivity index (χ2v) is 8.95. The van der Waals surface area contributed by atoms with Gasteiger partial charge in [0.1, 0.15) is 10.8 Å². The fourth-order valence-electron chi connectivity index (χ4n) is 3.19. The highest BCUT2D eigenvalue weighted by Gasteiger charge is 2.74. The third-order valence-electron chi connectivity index (χ3n) is 4.44. The first kappa shape index (κ1) is 18.1. The van der Waals surface area contributed by atoms with Crippen LogP contribution in [0.3, 0.4) is 0 Å².